The smallest absolute Gasteiger partial charge is 0.136 e. The average Bonchev–Trinajstić information content (AvgIpc) is 3.36. The molecule has 2 aliphatic heterocycles. The van der Waals surface area contributed by atoms with E-state index in [1.165, 1.54) is 22.6 Å². The highest BCUT2D eigenvalue weighted by molar-refractivity contribution is 7.99. The number of pyridine rings is 1. The molecular weight excluding hydrogens is 404 g/mol. The van der Waals surface area contributed by atoms with Gasteiger partial charge in [-0.25, -0.2) is 0 Å². The van der Waals surface area contributed by atoms with Gasteiger partial charge in [0.1, 0.15) is 29.8 Å². The SMILES string of the molecule is OCC1O[C@H](Sc2cncc(Cl)c2)C(O)[C@@H](n2cc(C3=NCC=C3)cn2)[C@H]1O. The molecule has 4 heterocycles. The van der Waals surface area contributed by atoms with Crippen LogP contribution in [0.4, 0.5) is 0 Å². The first-order chi connectivity index (χ1) is 13.6. The number of halogens is 1. The Morgan fingerprint density at radius 1 is 1.25 bits per heavy atom. The van der Waals surface area contributed by atoms with Crippen LogP contribution < -0.4 is 0 Å². The van der Waals surface area contributed by atoms with Crippen LogP contribution >= 0.6 is 23.4 Å². The van der Waals surface area contributed by atoms with E-state index in [-0.39, 0.29) is 0 Å². The average molecular weight is 423 g/mol. The monoisotopic (exact) mass is 422 g/mol. The Morgan fingerprint density at radius 2 is 2.11 bits per heavy atom. The molecule has 0 radical (unpaired) electrons. The third-order valence-electron chi connectivity index (χ3n) is 4.63. The number of hydrogen-bond acceptors (Lipinski definition) is 8. The van der Waals surface area contributed by atoms with Crippen LogP contribution in [-0.2, 0) is 4.74 Å². The summed E-state index contributed by atoms with van der Waals surface area (Å²) in [5.41, 5.74) is 0.850. The number of thioether (sulfide) groups is 1. The molecule has 0 spiro atoms. The van der Waals surface area contributed by atoms with E-state index in [4.69, 9.17) is 16.3 Å². The van der Waals surface area contributed by atoms with E-state index in [1.54, 1.807) is 24.7 Å². The summed E-state index contributed by atoms with van der Waals surface area (Å²) < 4.78 is 7.24. The van der Waals surface area contributed by atoms with Gasteiger partial charge >= 0.3 is 0 Å². The lowest BCUT2D eigenvalue weighted by Crippen LogP contribution is -2.55. The van der Waals surface area contributed by atoms with Gasteiger partial charge in [-0.3, -0.25) is 14.7 Å². The van der Waals surface area contributed by atoms with Gasteiger partial charge in [-0.2, -0.15) is 5.10 Å². The molecule has 0 aliphatic carbocycles. The zero-order chi connectivity index (χ0) is 19.7. The predicted octanol–water partition coefficient (Wildman–Crippen LogP) is 1.06. The summed E-state index contributed by atoms with van der Waals surface area (Å²) in [7, 11) is 0. The molecule has 5 atom stereocenters. The summed E-state index contributed by atoms with van der Waals surface area (Å²) in [5, 5.41) is 36.0. The van der Waals surface area contributed by atoms with Gasteiger partial charge in [0.05, 0.1) is 30.1 Å². The molecule has 148 valence electrons. The van der Waals surface area contributed by atoms with E-state index in [0.717, 1.165) is 11.3 Å². The first kappa shape index (κ1) is 19.6. The molecule has 1 fully saturated rings. The van der Waals surface area contributed by atoms with Gasteiger partial charge in [0, 0.05) is 29.0 Å². The van der Waals surface area contributed by atoms with Crippen molar-refractivity contribution in [2.24, 2.45) is 4.99 Å². The number of rotatable bonds is 5. The lowest BCUT2D eigenvalue weighted by molar-refractivity contribution is -0.178. The Morgan fingerprint density at radius 3 is 2.82 bits per heavy atom. The van der Waals surface area contributed by atoms with E-state index in [0.29, 0.717) is 16.5 Å². The number of nitrogens with zero attached hydrogens (tertiary/aromatic N) is 4. The molecule has 2 aromatic rings. The minimum atomic E-state index is -1.14. The Balaban J connectivity index is 1.60. The second-order valence-corrected chi connectivity index (χ2v) is 8.10. The van der Waals surface area contributed by atoms with Crippen molar-refractivity contribution in [3.63, 3.8) is 0 Å². The van der Waals surface area contributed by atoms with Crippen molar-refractivity contribution in [2.45, 2.75) is 34.7 Å². The summed E-state index contributed by atoms with van der Waals surface area (Å²) in [6, 6.07) is 0.912. The van der Waals surface area contributed by atoms with E-state index in [9.17, 15) is 15.3 Å². The van der Waals surface area contributed by atoms with Crippen LogP contribution in [0, 0.1) is 0 Å². The molecule has 28 heavy (non-hydrogen) atoms. The zero-order valence-corrected chi connectivity index (χ0v) is 16.2. The van der Waals surface area contributed by atoms with Gasteiger partial charge in [0.2, 0.25) is 0 Å². The molecule has 2 aliphatic rings. The second-order valence-electron chi connectivity index (χ2n) is 6.49. The fourth-order valence-electron chi connectivity index (χ4n) is 3.26. The van der Waals surface area contributed by atoms with Crippen LogP contribution in [0.1, 0.15) is 11.6 Å². The van der Waals surface area contributed by atoms with Crippen LogP contribution in [0.3, 0.4) is 0 Å². The van der Waals surface area contributed by atoms with Gasteiger partial charge in [-0.15, -0.1) is 0 Å². The van der Waals surface area contributed by atoms with Crippen LogP contribution in [0.5, 0.6) is 0 Å². The maximum atomic E-state index is 10.9. The normalized spacial score (nSPS) is 29.9. The first-order valence-electron chi connectivity index (χ1n) is 8.72. The van der Waals surface area contributed by atoms with Gasteiger partial charge in [0.15, 0.2) is 0 Å². The number of aliphatic imine (C=N–C) groups is 1. The number of aromatic nitrogens is 3. The van der Waals surface area contributed by atoms with E-state index in [1.807, 2.05) is 12.2 Å². The summed E-state index contributed by atoms with van der Waals surface area (Å²) in [6.45, 7) is 0.237. The van der Waals surface area contributed by atoms with E-state index >= 15 is 0 Å². The van der Waals surface area contributed by atoms with E-state index in [2.05, 4.69) is 15.1 Å². The topological polar surface area (TPSA) is 113 Å². The molecule has 1 saturated heterocycles. The molecule has 3 N–H and O–H groups in total. The van der Waals surface area contributed by atoms with Gasteiger partial charge in [-0.05, 0) is 12.1 Å². The quantitative estimate of drug-likeness (QED) is 0.660. The van der Waals surface area contributed by atoms with Crippen molar-refractivity contribution in [1.29, 1.82) is 0 Å². The highest BCUT2D eigenvalue weighted by Crippen LogP contribution is 2.38. The fraction of sp³-hybridized carbons (Fsp3) is 0.389. The van der Waals surface area contributed by atoms with Crippen LogP contribution in [0.2, 0.25) is 5.02 Å². The highest BCUT2D eigenvalue weighted by atomic mass is 35.5. The molecule has 0 amide bonds. The maximum absolute atomic E-state index is 10.9. The summed E-state index contributed by atoms with van der Waals surface area (Å²) >= 11 is 7.20. The molecule has 10 heteroatoms. The Labute approximate surface area is 170 Å². The molecule has 0 aromatic carbocycles. The fourth-order valence-corrected chi connectivity index (χ4v) is 4.58. The molecule has 0 bridgehead atoms. The second kappa shape index (κ2) is 8.32. The van der Waals surface area contributed by atoms with Crippen molar-refractivity contribution in [2.75, 3.05) is 13.2 Å². The molecule has 8 nitrogen and oxygen atoms in total. The van der Waals surface area contributed by atoms with Crippen LogP contribution in [0.15, 0.2) is 52.9 Å². The minimum Gasteiger partial charge on any atom is -0.394 e. The molecular formula is C18H19ClN4O4S. The Bertz CT molecular complexity index is 905. The van der Waals surface area contributed by atoms with Crippen molar-refractivity contribution >= 4 is 29.1 Å². The number of allylic oxidation sites excluding steroid dienone is 1. The largest absolute Gasteiger partial charge is 0.394 e. The number of ether oxygens (including phenoxy) is 1. The highest BCUT2D eigenvalue weighted by Gasteiger charge is 2.46. The first-order valence-corrected chi connectivity index (χ1v) is 9.98. The van der Waals surface area contributed by atoms with Gasteiger partial charge < -0.3 is 20.1 Å². The molecule has 2 unspecified atom stereocenters. The lowest BCUT2D eigenvalue weighted by Gasteiger charge is -2.42. The summed E-state index contributed by atoms with van der Waals surface area (Å²) in [4.78, 5) is 9.08. The molecule has 4 rings (SSSR count). The maximum Gasteiger partial charge on any atom is 0.136 e. The number of aliphatic hydroxyl groups is 3. The van der Waals surface area contributed by atoms with Crippen LogP contribution in [0.25, 0.3) is 0 Å². The number of aliphatic hydroxyl groups excluding tert-OH is 3. The van der Waals surface area contributed by atoms with E-state index < -0.39 is 36.4 Å². The zero-order valence-electron chi connectivity index (χ0n) is 14.7. The predicted molar refractivity (Wildman–Crippen MR) is 105 cm³/mol. The van der Waals surface area contributed by atoms with Gasteiger partial charge in [0.25, 0.3) is 0 Å². The third-order valence-corrected chi connectivity index (χ3v) is 5.95. The molecule has 2 aromatic heterocycles. The van der Waals surface area contributed by atoms with Crippen molar-refractivity contribution in [1.82, 2.24) is 14.8 Å². The Kier molecular flexibility index (Phi) is 5.81. The lowest BCUT2D eigenvalue weighted by atomic mass is 9.97. The summed E-state index contributed by atoms with van der Waals surface area (Å²) in [6.07, 6.45) is 7.25. The summed E-state index contributed by atoms with van der Waals surface area (Å²) in [5.74, 6) is 0. The van der Waals surface area contributed by atoms with Crippen LogP contribution in [-0.4, -0.2) is 72.7 Å². The minimum absolute atomic E-state index is 0.390. The van der Waals surface area contributed by atoms with Crippen molar-refractivity contribution in [3.8, 4) is 0 Å². The Hall–Kier alpha value is -1.75. The standard InChI is InChI=1S/C18H19ClN4O4S/c19-11-4-12(7-20-6-11)28-18-17(26)15(16(25)14(9-24)27-18)23-8-10(5-22-23)13-2-1-3-21-13/h1-2,4-8,14-18,24-26H,3,9H2/t14?,15-,16-,17?,18+/m0/s1. The third kappa shape index (κ3) is 3.86. The molecule has 0 saturated carbocycles. The van der Waals surface area contributed by atoms with Gasteiger partial charge in [-0.1, -0.05) is 29.4 Å². The number of hydrogen-bond donors (Lipinski definition) is 3. The van der Waals surface area contributed by atoms with Crippen molar-refractivity contribution < 1.29 is 20.1 Å². The van der Waals surface area contributed by atoms with Crippen molar-refractivity contribution in [3.05, 3.63) is 53.6 Å².